The van der Waals surface area contributed by atoms with E-state index in [9.17, 15) is 9.59 Å². The average Bonchev–Trinajstić information content (AvgIpc) is 2.65. The van der Waals surface area contributed by atoms with Gasteiger partial charge >= 0.3 is 12.3 Å². The first-order valence-electron chi connectivity index (χ1n) is 8.91. The number of hydrogen-bond donors (Lipinski definition) is 0. The van der Waals surface area contributed by atoms with Crippen molar-refractivity contribution in [1.29, 1.82) is 0 Å². The first-order chi connectivity index (χ1) is 12.7. The Morgan fingerprint density at radius 1 is 0.808 bits per heavy atom. The minimum Gasteiger partial charge on any atom is -0.434 e. The Bertz CT molecular complexity index is 758. The summed E-state index contributed by atoms with van der Waals surface area (Å²) in [5, 5.41) is 1.42. The van der Waals surface area contributed by atoms with Gasteiger partial charge in [-0.15, -0.1) is 0 Å². The molecule has 0 spiro atoms. The minimum absolute atomic E-state index is 0.239. The zero-order valence-corrected chi connectivity index (χ0v) is 15.0. The fraction of sp³-hybridized carbons (Fsp3) is 0.400. The Morgan fingerprint density at radius 2 is 1.23 bits per heavy atom. The van der Waals surface area contributed by atoms with Crippen molar-refractivity contribution < 1.29 is 28.5 Å². The third kappa shape index (κ3) is 3.59. The lowest BCUT2D eigenvalue weighted by Crippen LogP contribution is -2.17. The molecule has 0 unspecified atom stereocenters. The van der Waals surface area contributed by atoms with Gasteiger partial charge in [-0.2, -0.15) is 0 Å². The molecule has 138 valence electrons. The molecule has 0 N–H and O–H groups in total. The minimum atomic E-state index is -0.732. The second kappa shape index (κ2) is 8.08. The summed E-state index contributed by atoms with van der Waals surface area (Å²) in [7, 11) is 0. The molecular formula is C20H22O6. The molecule has 0 saturated carbocycles. The molecule has 6 heteroatoms. The molecule has 2 aromatic rings. The van der Waals surface area contributed by atoms with Crippen LogP contribution in [0.3, 0.4) is 0 Å². The molecule has 1 aliphatic rings. The van der Waals surface area contributed by atoms with Crippen LogP contribution in [-0.2, 0) is 22.3 Å². The highest BCUT2D eigenvalue weighted by atomic mass is 16.7. The van der Waals surface area contributed by atoms with Crippen LogP contribution in [0, 0.1) is 0 Å². The van der Waals surface area contributed by atoms with E-state index in [1.165, 1.54) is 0 Å². The highest BCUT2D eigenvalue weighted by Crippen LogP contribution is 2.44. The van der Waals surface area contributed by atoms with Gasteiger partial charge in [-0.25, -0.2) is 9.59 Å². The summed E-state index contributed by atoms with van der Waals surface area (Å²) in [6, 6.07) is 7.39. The van der Waals surface area contributed by atoms with Crippen molar-refractivity contribution >= 4 is 23.1 Å². The van der Waals surface area contributed by atoms with Crippen molar-refractivity contribution in [3.63, 3.8) is 0 Å². The third-order valence-electron chi connectivity index (χ3n) is 4.33. The molecule has 0 fully saturated rings. The van der Waals surface area contributed by atoms with E-state index < -0.39 is 12.3 Å². The van der Waals surface area contributed by atoms with Gasteiger partial charge in [0.1, 0.15) is 11.5 Å². The van der Waals surface area contributed by atoms with Gasteiger partial charge in [0.2, 0.25) is 0 Å². The summed E-state index contributed by atoms with van der Waals surface area (Å²) in [5.74, 6) is 0.981. The Kier molecular flexibility index (Phi) is 5.61. The second-order valence-corrected chi connectivity index (χ2v) is 5.94. The van der Waals surface area contributed by atoms with Crippen LogP contribution < -0.4 is 9.47 Å². The molecule has 0 heterocycles. The summed E-state index contributed by atoms with van der Waals surface area (Å²) in [4.78, 5) is 23.9. The molecule has 0 atom stereocenters. The second-order valence-electron chi connectivity index (χ2n) is 5.94. The van der Waals surface area contributed by atoms with Crippen LogP contribution in [0.2, 0.25) is 0 Å². The van der Waals surface area contributed by atoms with Crippen molar-refractivity contribution in [2.45, 2.75) is 39.5 Å². The summed E-state index contributed by atoms with van der Waals surface area (Å²) in [5.41, 5.74) is 1.78. The molecular weight excluding hydrogens is 336 g/mol. The zero-order valence-electron chi connectivity index (χ0n) is 15.0. The van der Waals surface area contributed by atoms with E-state index >= 15 is 0 Å². The van der Waals surface area contributed by atoms with E-state index in [1.54, 1.807) is 13.8 Å². The number of ether oxygens (including phenoxy) is 4. The largest absolute Gasteiger partial charge is 0.513 e. The molecule has 0 bridgehead atoms. The predicted octanol–water partition coefficient (Wildman–Crippen LogP) is 4.79. The summed E-state index contributed by atoms with van der Waals surface area (Å²) < 4.78 is 21.0. The fourth-order valence-electron chi connectivity index (χ4n) is 3.31. The summed E-state index contributed by atoms with van der Waals surface area (Å²) >= 11 is 0. The number of benzene rings is 2. The normalized spacial score (nSPS) is 13.0. The van der Waals surface area contributed by atoms with E-state index in [1.807, 2.05) is 24.3 Å². The molecule has 0 radical (unpaired) electrons. The van der Waals surface area contributed by atoms with Gasteiger partial charge in [-0.05, 0) is 39.5 Å². The maximum absolute atomic E-state index is 11.9. The Morgan fingerprint density at radius 3 is 1.62 bits per heavy atom. The van der Waals surface area contributed by atoms with Gasteiger partial charge in [-0.3, -0.25) is 0 Å². The van der Waals surface area contributed by atoms with E-state index in [0.717, 1.165) is 36.8 Å². The number of carbonyl (C=O) groups excluding carboxylic acids is 2. The van der Waals surface area contributed by atoms with Crippen LogP contribution in [0.5, 0.6) is 11.5 Å². The van der Waals surface area contributed by atoms with E-state index in [-0.39, 0.29) is 13.2 Å². The van der Waals surface area contributed by atoms with Crippen LogP contribution in [0.25, 0.3) is 10.8 Å². The van der Waals surface area contributed by atoms with Gasteiger partial charge in [0.15, 0.2) is 0 Å². The van der Waals surface area contributed by atoms with Crippen molar-refractivity contribution in [2.24, 2.45) is 0 Å². The zero-order chi connectivity index (χ0) is 18.5. The molecule has 0 saturated heterocycles. The van der Waals surface area contributed by atoms with E-state index in [2.05, 4.69) is 0 Å². The first kappa shape index (κ1) is 18.0. The standard InChI is InChI=1S/C20H22O6/c1-3-23-19(21)25-17-13-9-5-7-11-15(13)18(26-20(22)24-4-2)16-12-8-6-10-14(16)17/h5,7,9,11H,3-4,6,8,10,12H2,1-2H3. The lowest BCUT2D eigenvalue weighted by atomic mass is 9.87. The Balaban J connectivity index is 2.16. The quantitative estimate of drug-likeness (QED) is 0.578. The molecule has 1 aliphatic carbocycles. The molecule has 3 rings (SSSR count). The lowest BCUT2D eigenvalue weighted by molar-refractivity contribution is 0.102. The summed E-state index contributed by atoms with van der Waals surface area (Å²) in [6.07, 6.45) is 1.98. The molecule has 0 aliphatic heterocycles. The van der Waals surface area contributed by atoms with Crippen LogP contribution in [0.1, 0.15) is 37.8 Å². The fourth-order valence-corrected chi connectivity index (χ4v) is 3.31. The third-order valence-corrected chi connectivity index (χ3v) is 4.33. The highest BCUT2D eigenvalue weighted by molar-refractivity contribution is 5.98. The van der Waals surface area contributed by atoms with Gasteiger partial charge in [0, 0.05) is 21.9 Å². The first-order valence-corrected chi connectivity index (χ1v) is 8.91. The molecule has 26 heavy (non-hydrogen) atoms. The monoisotopic (exact) mass is 358 g/mol. The lowest BCUT2D eigenvalue weighted by Gasteiger charge is -2.24. The van der Waals surface area contributed by atoms with Crippen molar-refractivity contribution in [2.75, 3.05) is 13.2 Å². The van der Waals surface area contributed by atoms with Crippen LogP contribution in [0.15, 0.2) is 24.3 Å². The van der Waals surface area contributed by atoms with E-state index in [0.29, 0.717) is 22.3 Å². The number of hydrogen-bond acceptors (Lipinski definition) is 6. The maximum atomic E-state index is 11.9. The molecule has 0 amide bonds. The predicted molar refractivity (Wildman–Crippen MR) is 95.9 cm³/mol. The number of carbonyl (C=O) groups is 2. The van der Waals surface area contributed by atoms with Gasteiger partial charge in [0.25, 0.3) is 0 Å². The van der Waals surface area contributed by atoms with Gasteiger partial charge < -0.3 is 18.9 Å². The summed E-state index contributed by atoms with van der Waals surface area (Å²) in [6.45, 7) is 3.93. The molecule has 2 aromatic carbocycles. The highest BCUT2D eigenvalue weighted by Gasteiger charge is 2.26. The molecule has 6 nitrogen and oxygen atoms in total. The van der Waals surface area contributed by atoms with Gasteiger partial charge in [-0.1, -0.05) is 24.3 Å². The maximum Gasteiger partial charge on any atom is 0.513 e. The van der Waals surface area contributed by atoms with Crippen LogP contribution in [-0.4, -0.2) is 25.5 Å². The average molecular weight is 358 g/mol. The van der Waals surface area contributed by atoms with Crippen LogP contribution in [0.4, 0.5) is 9.59 Å². The van der Waals surface area contributed by atoms with E-state index in [4.69, 9.17) is 18.9 Å². The number of rotatable bonds is 4. The van der Waals surface area contributed by atoms with Crippen molar-refractivity contribution in [3.8, 4) is 11.5 Å². The van der Waals surface area contributed by atoms with Gasteiger partial charge in [0.05, 0.1) is 13.2 Å². The van der Waals surface area contributed by atoms with Crippen molar-refractivity contribution in [1.82, 2.24) is 0 Å². The Labute approximate surface area is 152 Å². The molecule has 0 aromatic heterocycles. The van der Waals surface area contributed by atoms with Crippen LogP contribution >= 0.6 is 0 Å². The smallest absolute Gasteiger partial charge is 0.434 e. The Hall–Kier alpha value is -2.76. The number of fused-ring (bicyclic) bond motifs is 2. The topological polar surface area (TPSA) is 71.1 Å². The SMILES string of the molecule is CCOC(=O)Oc1c2c(c(OC(=O)OCC)c3ccccc13)CCCC2. The van der Waals surface area contributed by atoms with Crippen molar-refractivity contribution in [3.05, 3.63) is 35.4 Å².